The quantitative estimate of drug-likeness (QED) is 0.265. The lowest BCUT2D eigenvalue weighted by Gasteiger charge is -2.19. The molecule has 1 aliphatic heterocycles. The van der Waals surface area contributed by atoms with E-state index in [4.69, 9.17) is 0 Å². The molecule has 0 saturated carbocycles. The third-order valence-corrected chi connectivity index (χ3v) is 8.75. The van der Waals surface area contributed by atoms with Crippen molar-refractivity contribution in [2.45, 2.75) is 51.2 Å². The average Bonchev–Trinajstić information content (AvgIpc) is 3.48. The van der Waals surface area contributed by atoms with Gasteiger partial charge in [0.2, 0.25) is 0 Å². The molecular formula is C31H36F2N6O3S2. The summed E-state index contributed by atoms with van der Waals surface area (Å²) in [5.74, 6) is -1.78. The first-order valence-electron chi connectivity index (χ1n) is 13.8. The number of pyridine rings is 1. The molecule has 0 fully saturated rings. The zero-order valence-corrected chi connectivity index (χ0v) is 27.0. The van der Waals surface area contributed by atoms with Gasteiger partial charge in [0.25, 0.3) is 5.91 Å². The Morgan fingerprint density at radius 2 is 1.93 bits per heavy atom. The maximum atomic E-state index is 13.7. The van der Waals surface area contributed by atoms with Crippen molar-refractivity contribution in [2.75, 3.05) is 18.6 Å². The van der Waals surface area contributed by atoms with E-state index in [9.17, 15) is 22.0 Å². The van der Waals surface area contributed by atoms with E-state index in [2.05, 4.69) is 37.5 Å². The second-order valence-electron chi connectivity index (χ2n) is 9.62. The minimum atomic E-state index is -3.66. The predicted octanol–water partition coefficient (Wildman–Crippen LogP) is 5.94. The highest BCUT2D eigenvalue weighted by Gasteiger charge is 2.21. The Bertz CT molecular complexity index is 1730. The van der Waals surface area contributed by atoms with Crippen molar-refractivity contribution in [1.29, 1.82) is 0 Å². The Hall–Kier alpha value is -4.23. The number of hydrogen-bond acceptors (Lipinski definition) is 8. The lowest BCUT2D eigenvalue weighted by molar-refractivity contribution is 0.0940. The molecule has 0 bridgehead atoms. The molecule has 2 atom stereocenters. The van der Waals surface area contributed by atoms with Crippen LogP contribution < -0.4 is 16.0 Å². The van der Waals surface area contributed by atoms with Crippen LogP contribution in [-0.4, -0.2) is 50.8 Å². The van der Waals surface area contributed by atoms with Gasteiger partial charge in [-0.2, -0.15) is 0 Å². The Kier molecular flexibility index (Phi) is 11.7. The van der Waals surface area contributed by atoms with Gasteiger partial charge in [0.15, 0.2) is 21.5 Å². The number of nitrogens with zero attached hydrogens (tertiary/aromatic N) is 3. The molecule has 13 heteroatoms. The monoisotopic (exact) mass is 642 g/mol. The van der Waals surface area contributed by atoms with Crippen LogP contribution in [0.15, 0.2) is 75.7 Å². The molecule has 3 N–H and O–H groups in total. The van der Waals surface area contributed by atoms with E-state index in [1.807, 2.05) is 39.0 Å². The molecule has 0 spiro atoms. The summed E-state index contributed by atoms with van der Waals surface area (Å²) in [6.45, 7) is 12.1. The van der Waals surface area contributed by atoms with E-state index < -0.39 is 33.4 Å². The number of sulfone groups is 1. The predicted molar refractivity (Wildman–Crippen MR) is 174 cm³/mol. The fourth-order valence-electron chi connectivity index (χ4n) is 4.13. The SMILES string of the molecule is C=C(/C=C1/C(=NC)NC=NC1C)c1ccc(CNc2ncc(S(C)(=O)=O)cc2C(=O)NC(C)c2ccc(F)c(F)c2)s1.CC. The van der Waals surface area contributed by atoms with Crippen LogP contribution in [0.5, 0.6) is 0 Å². The van der Waals surface area contributed by atoms with Crippen molar-refractivity contribution in [1.82, 2.24) is 15.6 Å². The van der Waals surface area contributed by atoms with Gasteiger partial charge in [0.05, 0.1) is 35.4 Å². The van der Waals surface area contributed by atoms with Crippen molar-refractivity contribution in [2.24, 2.45) is 9.98 Å². The van der Waals surface area contributed by atoms with Gasteiger partial charge in [0.1, 0.15) is 11.7 Å². The van der Waals surface area contributed by atoms with Crippen molar-refractivity contribution >= 4 is 50.6 Å². The number of allylic oxidation sites excluding steroid dienone is 2. The van der Waals surface area contributed by atoms with Crippen molar-refractivity contribution in [3.8, 4) is 0 Å². The number of amidine groups is 1. The Morgan fingerprint density at radius 3 is 2.59 bits per heavy atom. The number of halogens is 2. The number of rotatable bonds is 9. The summed E-state index contributed by atoms with van der Waals surface area (Å²) in [5.41, 5.74) is 2.04. The number of nitrogens with one attached hydrogen (secondary N) is 3. The maximum absolute atomic E-state index is 13.7. The third-order valence-electron chi connectivity index (χ3n) is 6.51. The molecule has 4 rings (SSSR count). The van der Waals surface area contributed by atoms with Crippen LogP contribution in [0.4, 0.5) is 14.6 Å². The molecule has 2 aromatic heterocycles. The Balaban J connectivity index is 0.00000259. The standard InChI is InChI=1S/C29H30F2N6O3S2.C2H6/c1-16(10-22-18(3)35-15-36-27(22)32-4)26-9-7-20(41-26)13-33-28-23(12-21(14-34-28)42(5,39)40)29(38)37-17(2)19-6-8-24(30)25(31)11-19;1-2/h6-12,14-15,17-18H,1,13H2,2-5H3,(H,33,34)(H,37,38)(H,32,35,36);1-2H3/b22-10+;. The van der Waals surface area contributed by atoms with Crippen LogP contribution in [0.1, 0.15) is 59.4 Å². The van der Waals surface area contributed by atoms with E-state index in [-0.39, 0.29) is 22.3 Å². The van der Waals surface area contributed by atoms with Gasteiger partial charge in [0, 0.05) is 34.8 Å². The molecule has 2 unspecified atom stereocenters. The molecule has 1 aromatic carbocycles. The fourth-order valence-corrected chi connectivity index (χ4v) is 5.60. The van der Waals surface area contributed by atoms with Crippen LogP contribution in [-0.2, 0) is 16.4 Å². The largest absolute Gasteiger partial charge is 0.365 e. The number of carbonyl (C=O) groups is 1. The maximum Gasteiger partial charge on any atom is 0.255 e. The minimum Gasteiger partial charge on any atom is -0.365 e. The molecule has 44 heavy (non-hydrogen) atoms. The molecule has 234 valence electrons. The third kappa shape index (κ3) is 8.44. The average molecular weight is 643 g/mol. The van der Waals surface area contributed by atoms with Gasteiger partial charge in [-0.1, -0.05) is 26.5 Å². The topological polar surface area (TPSA) is 125 Å². The summed E-state index contributed by atoms with van der Waals surface area (Å²) in [6.07, 6.45) is 5.76. The summed E-state index contributed by atoms with van der Waals surface area (Å²) in [6, 6.07) is 7.65. The normalized spacial score (nSPS) is 17.0. The van der Waals surface area contributed by atoms with Gasteiger partial charge >= 0.3 is 0 Å². The van der Waals surface area contributed by atoms with E-state index in [1.54, 1.807) is 20.3 Å². The van der Waals surface area contributed by atoms with Gasteiger partial charge in [-0.15, -0.1) is 11.3 Å². The molecule has 0 radical (unpaired) electrons. The van der Waals surface area contributed by atoms with Crippen molar-refractivity contribution in [3.63, 3.8) is 0 Å². The number of anilines is 1. The van der Waals surface area contributed by atoms with E-state index in [0.717, 1.165) is 45.1 Å². The minimum absolute atomic E-state index is 0.0102. The zero-order valence-electron chi connectivity index (χ0n) is 25.4. The molecule has 1 amide bonds. The molecule has 0 aliphatic carbocycles. The number of benzene rings is 1. The number of amides is 1. The first-order valence-corrected chi connectivity index (χ1v) is 16.5. The molecule has 3 aromatic rings. The zero-order chi connectivity index (χ0) is 32.6. The number of aliphatic imine (C=N–C) groups is 2. The number of carbonyl (C=O) groups excluding carboxylic acids is 1. The molecule has 3 heterocycles. The van der Waals surface area contributed by atoms with E-state index in [1.165, 1.54) is 29.7 Å². The van der Waals surface area contributed by atoms with Crippen LogP contribution in [0, 0.1) is 11.6 Å². The first kappa shape index (κ1) is 34.3. The van der Waals surface area contributed by atoms with Crippen LogP contribution in [0.25, 0.3) is 5.57 Å². The fraction of sp³-hybridized carbons (Fsp3) is 0.290. The van der Waals surface area contributed by atoms with Crippen molar-refractivity contribution < 1.29 is 22.0 Å². The second kappa shape index (κ2) is 15.0. The summed E-state index contributed by atoms with van der Waals surface area (Å²) < 4.78 is 51.5. The van der Waals surface area contributed by atoms with Crippen molar-refractivity contribution in [3.05, 3.63) is 93.3 Å². The number of thiophene rings is 1. The lowest BCUT2D eigenvalue weighted by Crippen LogP contribution is -2.33. The number of hydrogen-bond donors (Lipinski definition) is 3. The number of aromatic nitrogens is 1. The molecular weight excluding hydrogens is 607 g/mol. The van der Waals surface area contributed by atoms with Crippen LogP contribution in [0.2, 0.25) is 0 Å². The van der Waals surface area contributed by atoms with Gasteiger partial charge in [-0.3, -0.25) is 14.8 Å². The van der Waals surface area contributed by atoms with Gasteiger partial charge < -0.3 is 16.0 Å². The van der Waals surface area contributed by atoms with E-state index >= 15 is 0 Å². The molecule has 1 aliphatic rings. The lowest BCUT2D eigenvalue weighted by atomic mass is 10.0. The molecule has 0 saturated heterocycles. The van der Waals surface area contributed by atoms with Crippen LogP contribution in [0.3, 0.4) is 0 Å². The van der Waals surface area contributed by atoms with Crippen LogP contribution >= 0.6 is 11.3 Å². The smallest absolute Gasteiger partial charge is 0.255 e. The highest BCUT2D eigenvalue weighted by atomic mass is 32.2. The highest BCUT2D eigenvalue weighted by Crippen LogP contribution is 2.28. The molecule has 9 nitrogen and oxygen atoms in total. The Morgan fingerprint density at radius 1 is 1.20 bits per heavy atom. The summed E-state index contributed by atoms with van der Waals surface area (Å²) in [4.78, 5) is 27.8. The highest BCUT2D eigenvalue weighted by molar-refractivity contribution is 7.90. The summed E-state index contributed by atoms with van der Waals surface area (Å²) in [7, 11) is -1.96. The second-order valence-corrected chi connectivity index (χ2v) is 12.8. The first-order chi connectivity index (χ1) is 20.9. The Labute approximate surface area is 260 Å². The summed E-state index contributed by atoms with van der Waals surface area (Å²) in [5, 5.41) is 8.86. The summed E-state index contributed by atoms with van der Waals surface area (Å²) >= 11 is 1.50. The van der Waals surface area contributed by atoms with Gasteiger partial charge in [-0.05, 0) is 61.4 Å². The van der Waals surface area contributed by atoms with Gasteiger partial charge in [-0.25, -0.2) is 22.2 Å². The van der Waals surface area contributed by atoms with E-state index in [0.29, 0.717) is 12.1 Å².